The Morgan fingerprint density at radius 1 is 1.11 bits per heavy atom. The Labute approximate surface area is 169 Å². The van der Waals surface area contributed by atoms with Crippen LogP contribution in [0.1, 0.15) is 10.4 Å². The molecule has 0 aliphatic rings. The standard InChI is InChI=1S/C21H21N3OS2/c1-15-6-4-7-16(14-15)22-21(26)19(20(25)18-8-5-13-27-18)24-11-9-17(10-12-24)23(2)3/h4-14H,1-3H3,(H-,22,25,26). The SMILES string of the molecule is Cc1cccc(NC(=S)C(=C([O-])c2cccs2)[n+]2ccc(N(C)C)cc2)c1. The van der Waals surface area contributed by atoms with Crippen molar-refractivity contribution >= 4 is 51.4 Å². The molecule has 0 radical (unpaired) electrons. The highest BCUT2D eigenvalue weighted by molar-refractivity contribution is 7.81. The number of benzene rings is 1. The number of rotatable bonds is 5. The molecule has 0 saturated carbocycles. The minimum Gasteiger partial charge on any atom is -0.867 e. The van der Waals surface area contributed by atoms with Gasteiger partial charge in [0.2, 0.25) is 5.70 Å². The molecule has 6 heteroatoms. The van der Waals surface area contributed by atoms with Crippen molar-refractivity contribution in [2.75, 3.05) is 24.3 Å². The van der Waals surface area contributed by atoms with Gasteiger partial charge < -0.3 is 15.3 Å². The zero-order valence-corrected chi connectivity index (χ0v) is 17.1. The highest BCUT2D eigenvalue weighted by Crippen LogP contribution is 2.21. The van der Waals surface area contributed by atoms with E-state index in [9.17, 15) is 5.11 Å². The Kier molecular flexibility index (Phi) is 5.88. The van der Waals surface area contributed by atoms with Crippen LogP contribution in [0.4, 0.5) is 11.4 Å². The van der Waals surface area contributed by atoms with Crippen molar-refractivity contribution in [3.63, 3.8) is 0 Å². The van der Waals surface area contributed by atoms with Crippen LogP contribution in [0.2, 0.25) is 0 Å². The molecule has 0 spiro atoms. The Morgan fingerprint density at radius 3 is 2.44 bits per heavy atom. The van der Waals surface area contributed by atoms with Crippen molar-refractivity contribution in [3.05, 3.63) is 76.7 Å². The van der Waals surface area contributed by atoms with Crippen molar-refractivity contribution in [1.82, 2.24) is 0 Å². The van der Waals surface area contributed by atoms with Crippen LogP contribution in [0.5, 0.6) is 0 Å². The summed E-state index contributed by atoms with van der Waals surface area (Å²) < 4.78 is 1.78. The van der Waals surface area contributed by atoms with Crippen LogP contribution >= 0.6 is 23.6 Å². The molecule has 4 nitrogen and oxygen atoms in total. The largest absolute Gasteiger partial charge is 0.867 e. The summed E-state index contributed by atoms with van der Waals surface area (Å²) in [5, 5.41) is 18.2. The number of hydrogen-bond donors (Lipinski definition) is 1. The molecule has 0 unspecified atom stereocenters. The fraction of sp³-hybridized carbons (Fsp3) is 0.143. The van der Waals surface area contributed by atoms with Crippen LogP contribution in [0, 0.1) is 6.92 Å². The summed E-state index contributed by atoms with van der Waals surface area (Å²) in [6.45, 7) is 2.02. The van der Waals surface area contributed by atoms with Crippen molar-refractivity contribution < 1.29 is 9.67 Å². The molecule has 138 valence electrons. The van der Waals surface area contributed by atoms with E-state index in [1.165, 1.54) is 11.3 Å². The number of aromatic nitrogens is 1. The van der Waals surface area contributed by atoms with Gasteiger partial charge in [0.1, 0.15) is 0 Å². The fourth-order valence-corrected chi connectivity index (χ4v) is 3.62. The number of nitrogens with one attached hydrogen (secondary N) is 1. The van der Waals surface area contributed by atoms with E-state index in [4.69, 9.17) is 12.2 Å². The highest BCUT2D eigenvalue weighted by Gasteiger charge is 2.19. The molecule has 0 fully saturated rings. The maximum Gasteiger partial charge on any atom is 0.239 e. The van der Waals surface area contributed by atoms with Gasteiger partial charge in [0.05, 0.1) is 0 Å². The van der Waals surface area contributed by atoms with Crippen molar-refractivity contribution in [3.8, 4) is 0 Å². The molecule has 0 amide bonds. The lowest BCUT2D eigenvalue weighted by atomic mass is 10.2. The number of thiophene rings is 1. The van der Waals surface area contributed by atoms with Gasteiger partial charge in [0, 0.05) is 42.5 Å². The smallest absolute Gasteiger partial charge is 0.239 e. The number of pyridine rings is 1. The Hall–Kier alpha value is -2.70. The topological polar surface area (TPSA) is 42.2 Å². The van der Waals surface area contributed by atoms with E-state index in [1.54, 1.807) is 4.57 Å². The van der Waals surface area contributed by atoms with Crippen LogP contribution in [0.25, 0.3) is 11.5 Å². The maximum atomic E-state index is 13.1. The number of thiocarbonyl (C=S) groups is 1. The van der Waals surface area contributed by atoms with Gasteiger partial charge in [-0.2, -0.15) is 4.57 Å². The molecule has 2 heterocycles. The second-order valence-electron chi connectivity index (χ2n) is 6.34. The summed E-state index contributed by atoms with van der Waals surface area (Å²) in [4.78, 5) is 3.05. The van der Waals surface area contributed by atoms with E-state index in [1.807, 2.05) is 92.2 Å². The third-order valence-corrected chi connectivity index (χ3v) is 5.20. The lowest BCUT2D eigenvalue weighted by Crippen LogP contribution is -2.40. The van der Waals surface area contributed by atoms with E-state index < -0.39 is 0 Å². The summed E-state index contributed by atoms with van der Waals surface area (Å²) in [6.07, 6.45) is 3.72. The molecule has 3 rings (SSSR count). The van der Waals surface area contributed by atoms with Gasteiger partial charge in [0.25, 0.3) is 0 Å². The summed E-state index contributed by atoms with van der Waals surface area (Å²) in [5.74, 6) is -0.0993. The molecule has 3 aromatic rings. The molecule has 2 aromatic heterocycles. The minimum absolute atomic E-state index is 0.0993. The summed E-state index contributed by atoms with van der Waals surface area (Å²) >= 11 is 7.03. The molecule has 27 heavy (non-hydrogen) atoms. The number of anilines is 2. The molecule has 0 aliphatic carbocycles. The van der Waals surface area contributed by atoms with E-state index in [0.29, 0.717) is 15.6 Å². The van der Waals surface area contributed by atoms with Crippen LogP contribution in [-0.4, -0.2) is 19.1 Å². The monoisotopic (exact) mass is 395 g/mol. The van der Waals surface area contributed by atoms with Gasteiger partial charge >= 0.3 is 0 Å². The molecular weight excluding hydrogens is 374 g/mol. The van der Waals surface area contributed by atoms with Crippen LogP contribution in [-0.2, 0) is 0 Å². The summed E-state index contributed by atoms with van der Waals surface area (Å²) in [5.41, 5.74) is 3.46. The molecular formula is C21H21N3OS2. The molecule has 0 atom stereocenters. The predicted molar refractivity (Wildman–Crippen MR) is 116 cm³/mol. The van der Waals surface area contributed by atoms with Crippen molar-refractivity contribution in [2.45, 2.75) is 6.92 Å². The zero-order valence-electron chi connectivity index (χ0n) is 15.5. The van der Waals surface area contributed by atoms with E-state index in [2.05, 4.69) is 5.32 Å². The van der Waals surface area contributed by atoms with Crippen LogP contribution in [0.15, 0.2) is 66.3 Å². The number of nitrogens with zero attached hydrogens (tertiary/aromatic N) is 2. The third-order valence-electron chi connectivity index (χ3n) is 4.04. The van der Waals surface area contributed by atoms with Gasteiger partial charge in [-0.25, -0.2) is 0 Å². The van der Waals surface area contributed by atoms with Gasteiger partial charge in [-0.1, -0.05) is 30.4 Å². The van der Waals surface area contributed by atoms with Gasteiger partial charge in [-0.3, -0.25) is 0 Å². The van der Waals surface area contributed by atoms with Crippen molar-refractivity contribution in [1.29, 1.82) is 0 Å². The predicted octanol–water partition coefficient (Wildman–Crippen LogP) is 3.54. The fourth-order valence-electron chi connectivity index (χ4n) is 2.64. The normalized spacial score (nSPS) is 11.7. The van der Waals surface area contributed by atoms with Gasteiger partial charge in [-0.05, 0) is 41.8 Å². The van der Waals surface area contributed by atoms with Crippen LogP contribution in [0.3, 0.4) is 0 Å². The van der Waals surface area contributed by atoms with Gasteiger partial charge in [0.15, 0.2) is 17.4 Å². The Bertz CT molecular complexity index is 961. The second kappa shape index (κ2) is 8.33. The first-order chi connectivity index (χ1) is 13.0. The molecule has 1 aromatic carbocycles. The third kappa shape index (κ3) is 4.53. The van der Waals surface area contributed by atoms with Gasteiger partial charge in [-0.15, -0.1) is 11.3 Å². The number of hydrogen-bond acceptors (Lipinski definition) is 4. The van der Waals surface area contributed by atoms with Crippen LogP contribution < -0.4 is 19.9 Å². The Balaban J connectivity index is 2.02. The first-order valence-electron chi connectivity index (χ1n) is 8.48. The lowest BCUT2D eigenvalue weighted by molar-refractivity contribution is -0.577. The van der Waals surface area contributed by atoms with E-state index in [0.717, 1.165) is 16.9 Å². The molecule has 0 aliphatic heterocycles. The quantitative estimate of drug-likeness (QED) is 0.311. The van der Waals surface area contributed by atoms with E-state index in [-0.39, 0.29) is 5.76 Å². The average Bonchev–Trinajstić information content (AvgIpc) is 3.17. The second-order valence-corrected chi connectivity index (χ2v) is 7.69. The highest BCUT2D eigenvalue weighted by atomic mass is 32.1. The average molecular weight is 396 g/mol. The minimum atomic E-state index is -0.0993. The summed E-state index contributed by atoms with van der Waals surface area (Å²) in [7, 11) is 3.95. The maximum absolute atomic E-state index is 13.1. The number of aryl methyl sites for hydroxylation is 1. The molecule has 0 bridgehead atoms. The molecule has 1 N–H and O–H groups in total. The van der Waals surface area contributed by atoms with E-state index >= 15 is 0 Å². The zero-order chi connectivity index (χ0) is 19.4. The summed E-state index contributed by atoms with van der Waals surface area (Å²) in [6, 6.07) is 15.5. The van der Waals surface area contributed by atoms with Crippen molar-refractivity contribution in [2.24, 2.45) is 0 Å². The molecule has 0 saturated heterocycles. The Morgan fingerprint density at radius 2 is 1.85 bits per heavy atom. The lowest BCUT2D eigenvalue weighted by Gasteiger charge is -2.16. The first-order valence-corrected chi connectivity index (χ1v) is 9.76. The first kappa shape index (κ1) is 19.1.